The van der Waals surface area contributed by atoms with Crippen molar-refractivity contribution in [3.63, 3.8) is 0 Å². The highest BCUT2D eigenvalue weighted by molar-refractivity contribution is 5.75. The number of nitrogens with zero attached hydrogens (tertiary/aromatic N) is 2. The Labute approximate surface area is 113 Å². The molecule has 1 heterocycles. The fourth-order valence-corrected chi connectivity index (χ4v) is 2.79. The Balaban J connectivity index is 2.09. The Hall–Kier alpha value is -1.39. The highest BCUT2D eigenvalue weighted by Gasteiger charge is 2.41. The van der Waals surface area contributed by atoms with Crippen LogP contribution in [0.3, 0.4) is 0 Å². The maximum absolute atomic E-state index is 11.6. The lowest BCUT2D eigenvalue weighted by atomic mass is 9.72. The molecule has 0 spiro atoms. The summed E-state index contributed by atoms with van der Waals surface area (Å²) >= 11 is 0. The molecule has 0 bridgehead atoms. The molecule has 19 heavy (non-hydrogen) atoms. The van der Waals surface area contributed by atoms with E-state index in [4.69, 9.17) is 4.52 Å². The van der Waals surface area contributed by atoms with Gasteiger partial charge in [-0.1, -0.05) is 38.3 Å². The Morgan fingerprint density at radius 3 is 2.63 bits per heavy atom. The van der Waals surface area contributed by atoms with Crippen LogP contribution in [0.1, 0.15) is 57.7 Å². The zero-order chi connectivity index (χ0) is 13.9. The van der Waals surface area contributed by atoms with E-state index < -0.39 is 11.4 Å². The van der Waals surface area contributed by atoms with Crippen LogP contribution in [0.5, 0.6) is 0 Å². The average molecular weight is 266 g/mol. The molecule has 1 N–H and O–H groups in total. The van der Waals surface area contributed by atoms with Gasteiger partial charge in [0, 0.05) is 12.8 Å². The zero-order valence-electron chi connectivity index (χ0n) is 11.7. The van der Waals surface area contributed by atoms with E-state index in [1.807, 2.05) is 0 Å². The first-order chi connectivity index (χ1) is 9.02. The minimum absolute atomic E-state index is 0.368. The monoisotopic (exact) mass is 266 g/mol. The zero-order valence-corrected chi connectivity index (χ0v) is 11.7. The summed E-state index contributed by atoms with van der Waals surface area (Å²) in [7, 11) is 0. The van der Waals surface area contributed by atoms with Crippen LogP contribution in [0.15, 0.2) is 4.52 Å². The summed E-state index contributed by atoms with van der Waals surface area (Å²) in [5, 5.41) is 13.4. The molecule has 0 unspecified atom stereocenters. The van der Waals surface area contributed by atoms with Crippen molar-refractivity contribution in [3.8, 4) is 0 Å². The Bertz CT molecular complexity index is 434. The van der Waals surface area contributed by atoms with Gasteiger partial charge in [0.05, 0.1) is 5.41 Å². The molecule has 2 rings (SSSR count). The largest absolute Gasteiger partial charge is 0.481 e. The number of rotatable bonds is 5. The van der Waals surface area contributed by atoms with Crippen LogP contribution in [-0.4, -0.2) is 21.2 Å². The van der Waals surface area contributed by atoms with Gasteiger partial charge in [-0.15, -0.1) is 0 Å². The molecule has 0 atom stereocenters. The van der Waals surface area contributed by atoms with E-state index in [0.717, 1.165) is 25.7 Å². The average Bonchev–Trinajstić information content (AvgIpc) is 2.76. The van der Waals surface area contributed by atoms with Crippen molar-refractivity contribution in [1.82, 2.24) is 10.1 Å². The summed E-state index contributed by atoms with van der Waals surface area (Å²) in [4.78, 5) is 15.9. The van der Waals surface area contributed by atoms with Crippen LogP contribution in [0.4, 0.5) is 0 Å². The second kappa shape index (κ2) is 5.72. The highest BCUT2D eigenvalue weighted by atomic mass is 16.5. The molecule has 1 aliphatic rings. The molecule has 0 saturated heterocycles. The number of hydrogen-bond acceptors (Lipinski definition) is 4. The maximum atomic E-state index is 11.6. The molecule has 1 aromatic heterocycles. The SMILES string of the molecule is CC(C)Cc1noc(CC2(C(=O)O)CCCCC2)n1. The van der Waals surface area contributed by atoms with Crippen LogP contribution in [0.2, 0.25) is 0 Å². The molecule has 1 aliphatic carbocycles. The third-order valence-electron chi connectivity index (χ3n) is 3.85. The van der Waals surface area contributed by atoms with Crippen molar-refractivity contribution in [3.05, 3.63) is 11.7 Å². The van der Waals surface area contributed by atoms with E-state index in [1.54, 1.807) is 0 Å². The standard InChI is InChI=1S/C14H22N2O3/c1-10(2)8-11-15-12(19-16-11)9-14(13(17)18)6-4-3-5-7-14/h10H,3-9H2,1-2H3,(H,17,18). The number of aromatic nitrogens is 2. The lowest BCUT2D eigenvalue weighted by Crippen LogP contribution is -2.35. The molecular weight excluding hydrogens is 244 g/mol. The molecular formula is C14H22N2O3. The second-order valence-corrected chi connectivity index (χ2v) is 6.03. The minimum Gasteiger partial charge on any atom is -0.481 e. The van der Waals surface area contributed by atoms with Crippen LogP contribution in [0, 0.1) is 11.3 Å². The number of carboxylic acid groups (broad SMARTS) is 1. The second-order valence-electron chi connectivity index (χ2n) is 6.03. The van der Waals surface area contributed by atoms with Gasteiger partial charge in [-0.25, -0.2) is 0 Å². The van der Waals surface area contributed by atoms with E-state index in [0.29, 0.717) is 36.9 Å². The van der Waals surface area contributed by atoms with Crippen molar-refractivity contribution in [2.24, 2.45) is 11.3 Å². The molecule has 0 aromatic carbocycles. The van der Waals surface area contributed by atoms with E-state index >= 15 is 0 Å². The Morgan fingerprint density at radius 2 is 2.05 bits per heavy atom. The molecule has 0 radical (unpaired) electrons. The van der Waals surface area contributed by atoms with Gasteiger partial charge in [-0.2, -0.15) is 4.98 Å². The van der Waals surface area contributed by atoms with Crippen LogP contribution >= 0.6 is 0 Å². The van der Waals surface area contributed by atoms with Gasteiger partial charge in [-0.05, 0) is 18.8 Å². The summed E-state index contributed by atoms with van der Waals surface area (Å²) in [6, 6.07) is 0. The summed E-state index contributed by atoms with van der Waals surface area (Å²) in [6.07, 6.45) is 5.63. The number of carbonyl (C=O) groups is 1. The van der Waals surface area contributed by atoms with E-state index in [-0.39, 0.29) is 0 Å². The summed E-state index contributed by atoms with van der Waals surface area (Å²) < 4.78 is 5.22. The normalized spacial score (nSPS) is 18.7. The van der Waals surface area contributed by atoms with Crippen molar-refractivity contribution in [2.75, 3.05) is 0 Å². The van der Waals surface area contributed by atoms with E-state index in [9.17, 15) is 9.90 Å². The molecule has 1 saturated carbocycles. The molecule has 5 nitrogen and oxygen atoms in total. The first-order valence-corrected chi connectivity index (χ1v) is 7.07. The first kappa shape index (κ1) is 14.0. The predicted molar refractivity (Wildman–Crippen MR) is 69.7 cm³/mol. The van der Waals surface area contributed by atoms with Gasteiger partial charge >= 0.3 is 5.97 Å². The molecule has 5 heteroatoms. The molecule has 106 valence electrons. The lowest BCUT2D eigenvalue weighted by molar-refractivity contribution is -0.151. The quantitative estimate of drug-likeness (QED) is 0.886. The predicted octanol–water partition coefficient (Wildman–Crippen LogP) is 2.85. The summed E-state index contributed by atoms with van der Waals surface area (Å²) in [5.41, 5.74) is -0.695. The van der Waals surface area contributed by atoms with E-state index in [2.05, 4.69) is 24.0 Å². The first-order valence-electron chi connectivity index (χ1n) is 7.07. The number of hydrogen-bond donors (Lipinski definition) is 1. The smallest absolute Gasteiger partial charge is 0.310 e. The van der Waals surface area contributed by atoms with Crippen molar-refractivity contribution in [2.45, 2.75) is 58.8 Å². The van der Waals surface area contributed by atoms with Gasteiger partial charge in [0.2, 0.25) is 5.89 Å². The summed E-state index contributed by atoms with van der Waals surface area (Å²) in [6.45, 7) is 4.19. The van der Waals surface area contributed by atoms with Crippen LogP contribution < -0.4 is 0 Å². The molecule has 0 aliphatic heterocycles. The fraction of sp³-hybridized carbons (Fsp3) is 0.786. The third-order valence-corrected chi connectivity index (χ3v) is 3.85. The third kappa shape index (κ3) is 3.33. The van der Waals surface area contributed by atoms with Gasteiger partial charge in [0.1, 0.15) is 0 Å². The molecule has 1 fully saturated rings. The topological polar surface area (TPSA) is 76.2 Å². The van der Waals surface area contributed by atoms with Gasteiger partial charge < -0.3 is 9.63 Å². The summed E-state index contributed by atoms with van der Waals surface area (Å²) in [5.74, 6) is 0.894. The van der Waals surface area contributed by atoms with Gasteiger partial charge in [0.15, 0.2) is 5.82 Å². The van der Waals surface area contributed by atoms with Crippen molar-refractivity contribution in [1.29, 1.82) is 0 Å². The van der Waals surface area contributed by atoms with Crippen LogP contribution in [0.25, 0.3) is 0 Å². The number of aliphatic carboxylic acids is 1. The highest BCUT2D eigenvalue weighted by Crippen LogP contribution is 2.39. The van der Waals surface area contributed by atoms with E-state index in [1.165, 1.54) is 0 Å². The maximum Gasteiger partial charge on any atom is 0.310 e. The Kier molecular flexibility index (Phi) is 4.22. The van der Waals surface area contributed by atoms with Crippen molar-refractivity contribution >= 4 is 5.97 Å². The number of carboxylic acids is 1. The van der Waals surface area contributed by atoms with Crippen molar-refractivity contribution < 1.29 is 14.4 Å². The van der Waals surface area contributed by atoms with Crippen LogP contribution in [-0.2, 0) is 17.6 Å². The van der Waals surface area contributed by atoms with Gasteiger partial charge in [0.25, 0.3) is 0 Å². The Morgan fingerprint density at radius 1 is 1.37 bits per heavy atom. The fourth-order valence-electron chi connectivity index (χ4n) is 2.79. The molecule has 1 aromatic rings. The lowest BCUT2D eigenvalue weighted by Gasteiger charge is -2.31. The van der Waals surface area contributed by atoms with Gasteiger partial charge in [-0.3, -0.25) is 4.79 Å². The minimum atomic E-state index is -0.726. The molecule has 0 amide bonds.